The van der Waals surface area contributed by atoms with Crippen LogP contribution in [-0.2, 0) is 16.4 Å². The number of rotatable bonds is 4. The van der Waals surface area contributed by atoms with Crippen LogP contribution in [0.5, 0.6) is 0 Å². The highest BCUT2D eigenvalue weighted by molar-refractivity contribution is 7.92. The molecule has 1 heterocycles. The predicted octanol–water partition coefficient (Wildman–Crippen LogP) is 3.62. The van der Waals surface area contributed by atoms with E-state index in [2.05, 4.69) is 0 Å². The van der Waals surface area contributed by atoms with E-state index < -0.39 is 26.1 Å². The Balaban J connectivity index is 2.19. The SMILES string of the molecule is Cc1ccsc1CN(C)C(=O)c1ccc(S(=O)(=O)C(F)(F)F)cc1. The highest BCUT2D eigenvalue weighted by atomic mass is 32.2. The lowest BCUT2D eigenvalue weighted by molar-refractivity contribution is -0.0436. The smallest absolute Gasteiger partial charge is 0.337 e. The molecule has 0 atom stereocenters. The lowest BCUT2D eigenvalue weighted by atomic mass is 10.2. The fourth-order valence-electron chi connectivity index (χ4n) is 1.98. The van der Waals surface area contributed by atoms with E-state index in [-0.39, 0.29) is 5.56 Å². The van der Waals surface area contributed by atoms with Crippen LogP contribution in [0.3, 0.4) is 0 Å². The normalized spacial score (nSPS) is 12.2. The number of hydrogen-bond acceptors (Lipinski definition) is 4. The van der Waals surface area contributed by atoms with E-state index in [0.29, 0.717) is 6.54 Å². The van der Waals surface area contributed by atoms with E-state index in [1.165, 1.54) is 16.2 Å². The van der Waals surface area contributed by atoms with Gasteiger partial charge in [-0.15, -0.1) is 11.3 Å². The number of hydrogen-bond donors (Lipinski definition) is 0. The first-order valence-corrected chi connectivity index (χ1v) is 9.10. The van der Waals surface area contributed by atoms with Gasteiger partial charge in [0.2, 0.25) is 0 Å². The molecular formula is C15H14F3NO3S2. The molecule has 0 N–H and O–H groups in total. The second kappa shape index (κ2) is 6.56. The molecule has 9 heteroatoms. The van der Waals surface area contributed by atoms with Crippen molar-refractivity contribution >= 4 is 27.1 Å². The summed E-state index contributed by atoms with van der Waals surface area (Å²) in [5, 5.41) is 1.90. The van der Waals surface area contributed by atoms with Crippen LogP contribution in [0.25, 0.3) is 0 Å². The van der Waals surface area contributed by atoms with Gasteiger partial charge in [0.15, 0.2) is 0 Å². The summed E-state index contributed by atoms with van der Waals surface area (Å²) in [7, 11) is -3.84. The molecule has 1 aromatic heterocycles. The second-order valence-electron chi connectivity index (χ2n) is 5.16. The summed E-state index contributed by atoms with van der Waals surface area (Å²) in [6.45, 7) is 2.28. The molecule has 130 valence electrons. The maximum atomic E-state index is 12.5. The maximum absolute atomic E-state index is 12.5. The number of carbonyl (C=O) groups excluding carboxylic acids is 1. The molecule has 0 unspecified atom stereocenters. The standard InChI is InChI=1S/C15H14F3NO3S2/c1-10-7-8-23-13(10)9-19(2)14(20)11-3-5-12(6-4-11)24(21,22)15(16,17)18/h3-8H,9H2,1-2H3. The number of aryl methyl sites for hydroxylation is 1. The molecule has 0 aliphatic rings. The van der Waals surface area contributed by atoms with E-state index in [9.17, 15) is 26.4 Å². The molecule has 1 aromatic carbocycles. The van der Waals surface area contributed by atoms with Gasteiger partial charge in [0.1, 0.15) is 0 Å². The van der Waals surface area contributed by atoms with Crippen LogP contribution in [0.15, 0.2) is 40.6 Å². The first kappa shape index (κ1) is 18.5. The quantitative estimate of drug-likeness (QED) is 0.818. The van der Waals surface area contributed by atoms with Crippen molar-refractivity contribution < 1.29 is 26.4 Å². The number of thiophene rings is 1. The number of alkyl halides is 3. The van der Waals surface area contributed by atoms with Crippen molar-refractivity contribution in [2.45, 2.75) is 23.9 Å². The second-order valence-corrected chi connectivity index (χ2v) is 8.10. The molecule has 2 rings (SSSR count). The number of nitrogens with zero attached hydrogens (tertiary/aromatic N) is 1. The van der Waals surface area contributed by atoms with E-state index in [1.54, 1.807) is 7.05 Å². The Bertz CT molecular complexity index is 840. The Kier molecular flexibility index (Phi) is 5.05. The van der Waals surface area contributed by atoms with Gasteiger partial charge >= 0.3 is 5.51 Å². The van der Waals surface area contributed by atoms with Gasteiger partial charge < -0.3 is 4.90 Å². The van der Waals surface area contributed by atoms with Gasteiger partial charge in [-0.05, 0) is 48.2 Å². The highest BCUT2D eigenvalue weighted by Crippen LogP contribution is 2.30. The molecule has 0 saturated heterocycles. The van der Waals surface area contributed by atoms with E-state index in [0.717, 1.165) is 34.7 Å². The van der Waals surface area contributed by atoms with Crippen molar-refractivity contribution in [3.63, 3.8) is 0 Å². The summed E-state index contributed by atoms with van der Waals surface area (Å²) < 4.78 is 60.1. The molecule has 0 aliphatic heterocycles. The van der Waals surface area contributed by atoms with Crippen LogP contribution >= 0.6 is 11.3 Å². The zero-order valence-corrected chi connectivity index (χ0v) is 14.4. The zero-order chi connectivity index (χ0) is 18.1. The Morgan fingerprint density at radius 1 is 1.17 bits per heavy atom. The molecular weight excluding hydrogens is 363 g/mol. The first-order chi connectivity index (χ1) is 11.0. The molecule has 0 saturated carbocycles. The van der Waals surface area contributed by atoms with E-state index >= 15 is 0 Å². The molecule has 1 amide bonds. The van der Waals surface area contributed by atoms with Gasteiger partial charge in [-0.3, -0.25) is 4.79 Å². The molecule has 24 heavy (non-hydrogen) atoms. The lowest BCUT2D eigenvalue weighted by Gasteiger charge is -2.17. The average molecular weight is 377 g/mol. The van der Waals surface area contributed by atoms with Crippen molar-refractivity contribution in [3.05, 3.63) is 51.7 Å². The highest BCUT2D eigenvalue weighted by Gasteiger charge is 2.46. The monoisotopic (exact) mass is 377 g/mol. The largest absolute Gasteiger partial charge is 0.501 e. The molecule has 0 fully saturated rings. The summed E-state index contributed by atoms with van der Waals surface area (Å²) in [4.78, 5) is 13.8. The van der Waals surface area contributed by atoms with Crippen molar-refractivity contribution in [3.8, 4) is 0 Å². The molecule has 2 aromatic rings. The Morgan fingerprint density at radius 2 is 1.75 bits per heavy atom. The van der Waals surface area contributed by atoms with Gasteiger partial charge in [-0.1, -0.05) is 0 Å². The van der Waals surface area contributed by atoms with E-state index in [1.807, 2.05) is 18.4 Å². The van der Waals surface area contributed by atoms with Crippen LogP contribution in [0, 0.1) is 6.92 Å². The van der Waals surface area contributed by atoms with Gasteiger partial charge in [0.05, 0.1) is 11.4 Å². The summed E-state index contributed by atoms with van der Waals surface area (Å²) in [5.74, 6) is -0.404. The zero-order valence-electron chi connectivity index (χ0n) is 12.8. The molecule has 0 aliphatic carbocycles. The van der Waals surface area contributed by atoms with Crippen molar-refractivity contribution in [2.24, 2.45) is 0 Å². The summed E-state index contributed by atoms with van der Waals surface area (Å²) in [5.41, 5.74) is -4.20. The average Bonchev–Trinajstić information content (AvgIpc) is 2.90. The van der Waals surface area contributed by atoms with Gasteiger partial charge in [-0.2, -0.15) is 13.2 Å². The van der Waals surface area contributed by atoms with Crippen molar-refractivity contribution in [1.82, 2.24) is 4.90 Å². The van der Waals surface area contributed by atoms with Gasteiger partial charge in [-0.25, -0.2) is 8.42 Å². The molecule has 0 spiro atoms. The number of amides is 1. The molecule has 0 bridgehead atoms. The number of halogens is 3. The lowest BCUT2D eigenvalue weighted by Crippen LogP contribution is -2.26. The third-order valence-electron chi connectivity index (χ3n) is 3.41. The van der Waals surface area contributed by atoms with Crippen molar-refractivity contribution in [1.29, 1.82) is 0 Å². The van der Waals surface area contributed by atoms with Crippen LogP contribution in [-0.4, -0.2) is 31.8 Å². The summed E-state index contributed by atoms with van der Waals surface area (Å²) in [6.07, 6.45) is 0. The minimum atomic E-state index is -5.41. The maximum Gasteiger partial charge on any atom is 0.501 e. The first-order valence-electron chi connectivity index (χ1n) is 6.74. The Hall–Kier alpha value is -1.87. The summed E-state index contributed by atoms with van der Waals surface area (Å²) in [6, 6.07) is 5.67. The van der Waals surface area contributed by atoms with Crippen LogP contribution in [0.4, 0.5) is 13.2 Å². The Morgan fingerprint density at radius 3 is 2.21 bits per heavy atom. The van der Waals surface area contributed by atoms with Crippen LogP contribution in [0.1, 0.15) is 20.8 Å². The topological polar surface area (TPSA) is 54.5 Å². The van der Waals surface area contributed by atoms with Gasteiger partial charge in [0.25, 0.3) is 15.7 Å². The molecule has 0 radical (unpaired) electrons. The third-order valence-corrected chi connectivity index (χ3v) is 5.92. The number of benzene rings is 1. The van der Waals surface area contributed by atoms with Crippen LogP contribution < -0.4 is 0 Å². The minimum absolute atomic E-state index is 0.118. The predicted molar refractivity (Wildman–Crippen MR) is 84.5 cm³/mol. The van der Waals surface area contributed by atoms with Crippen LogP contribution in [0.2, 0.25) is 0 Å². The minimum Gasteiger partial charge on any atom is -0.337 e. The van der Waals surface area contributed by atoms with Crippen molar-refractivity contribution in [2.75, 3.05) is 7.05 Å². The Labute approximate surface area is 141 Å². The number of carbonyl (C=O) groups is 1. The number of sulfone groups is 1. The fourth-order valence-corrected chi connectivity index (χ4v) is 3.70. The fraction of sp³-hybridized carbons (Fsp3) is 0.267. The third kappa shape index (κ3) is 3.62. The van der Waals surface area contributed by atoms with E-state index in [4.69, 9.17) is 0 Å². The summed E-state index contributed by atoms with van der Waals surface area (Å²) >= 11 is 1.50. The molecule has 4 nitrogen and oxygen atoms in total. The van der Waals surface area contributed by atoms with Gasteiger partial charge in [0, 0.05) is 17.5 Å².